The maximum atomic E-state index is 12.5. The molecule has 0 aromatic carbocycles. The molecule has 0 spiro atoms. The molecular weight excluding hydrogens is 268 g/mol. The number of amides is 1. The van der Waals surface area contributed by atoms with E-state index in [-0.39, 0.29) is 18.2 Å². The monoisotopic (exact) mass is 290 g/mol. The van der Waals surface area contributed by atoms with E-state index in [4.69, 9.17) is 9.26 Å². The summed E-state index contributed by atoms with van der Waals surface area (Å²) >= 11 is 0. The molecule has 5 heteroatoms. The van der Waals surface area contributed by atoms with E-state index >= 15 is 0 Å². The van der Waals surface area contributed by atoms with Crippen LogP contribution in [0.5, 0.6) is 0 Å². The van der Waals surface area contributed by atoms with Crippen molar-refractivity contribution in [2.45, 2.75) is 64.1 Å². The van der Waals surface area contributed by atoms with Crippen LogP contribution < -0.4 is 0 Å². The van der Waals surface area contributed by atoms with Crippen LogP contribution in [0.15, 0.2) is 23.1 Å². The second-order valence-corrected chi connectivity index (χ2v) is 6.85. The van der Waals surface area contributed by atoms with Gasteiger partial charge >= 0.3 is 6.09 Å². The second kappa shape index (κ2) is 5.20. The van der Waals surface area contributed by atoms with Gasteiger partial charge < -0.3 is 9.26 Å². The van der Waals surface area contributed by atoms with Crippen molar-refractivity contribution < 1.29 is 14.1 Å². The molecule has 114 valence electrons. The molecule has 5 nitrogen and oxygen atoms in total. The third-order valence-electron chi connectivity index (χ3n) is 4.04. The SMILES string of the molecule is CC(C)(C)OC(=O)N1C2C=C(c3cnoc3)CC1CCC2. The van der Waals surface area contributed by atoms with Crippen LogP contribution in [0.25, 0.3) is 5.57 Å². The number of carbonyl (C=O) groups is 1. The zero-order valence-electron chi connectivity index (χ0n) is 12.8. The van der Waals surface area contributed by atoms with Crippen molar-refractivity contribution in [3.8, 4) is 0 Å². The lowest BCUT2D eigenvalue weighted by molar-refractivity contribution is 0.0000866. The minimum atomic E-state index is -0.455. The van der Waals surface area contributed by atoms with Crippen molar-refractivity contribution in [2.24, 2.45) is 0 Å². The zero-order valence-corrected chi connectivity index (χ0v) is 12.8. The summed E-state index contributed by atoms with van der Waals surface area (Å²) in [5.74, 6) is 0. The smallest absolute Gasteiger partial charge is 0.411 e. The van der Waals surface area contributed by atoms with Crippen molar-refractivity contribution >= 4 is 11.7 Å². The molecule has 0 aliphatic carbocycles. The van der Waals surface area contributed by atoms with Gasteiger partial charge in [-0.15, -0.1) is 0 Å². The number of ether oxygens (including phenoxy) is 1. The minimum absolute atomic E-state index is 0.122. The molecule has 0 N–H and O–H groups in total. The van der Waals surface area contributed by atoms with Gasteiger partial charge in [-0.2, -0.15) is 0 Å². The fourth-order valence-corrected chi connectivity index (χ4v) is 3.21. The molecule has 2 aliphatic heterocycles. The topological polar surface area (TPSA) is 55.6 Å². The molecule has 3 heterocycles. The molecule has 1 aromatic rings. The van der Waals surface area contributed by atoms with Gasteiger partial charge in [-0.25, -0.2) is 4.79 Å². The average Bonchev–Trinajstić information content (AvgIpc) is 2.88. The second-order valence-electron chi connectivity index (χ2n) is 6.85. The number of nitrogens with zero attached hydrogens (tertiary/aromatic N) is 2. The Hall–Kier alpha value is -1.78. The Bertz CT molecular complexity index is 542. The van der Waals surface area contributed by atoms with Crippen LogP contribution in [0, 0.1) is 0 Å². The molecule has 1 amide bonds. The standard InChI is InChI=1S/C16H22N2O3/c1-16(2,3)21-15(19)18-13-5-4-6-14(18)8-11(7-13)12-9-17-20-10-12/h7,9-10,13-14H,4-6,8H2,1-3H3. The lowest BCUT2D eigenvalue weighted by Gasteiger charge is -2.44. The third kappa shape index (κ3) is 2.96. The van der Waals surface area contributed by atoms with Crippen molar-refractivity contribution in [1.82, 2.24) is 10.1 Å². The third-order valence-corrected chi connectivity index (χ3v) is 4.04. The predicted molar refractivity (Wildman–Crippen MR) is 78.6 cm³/mol. The van der Waals surface area contributed by atoms with Crippen molar-refractivity contribution in [3.05, 3.63) is 24.1 Å². The van der Waals surface area contributed by atoms with E-state index < -0.39 is 5.60 Å². The summed E-state index contributed by atoms with van der Waals surface area (Å²) in [6, 6.07) is 0.339. The van der Waals surface area contributed by atoms with Gasteiger partial charge in [0.2, 0.25) is 0 Å². The van der Waals surface area contributed by atoms with Crippen molar-refractivity contribution in [2.75, 3.05) is 0 Å². The summed E-state index contributed by atoms with van der Waals surface area (Å²) in [7, 11) is 0. The molecule has 2 aliphatic rings. The van der Waals surface area contributed by atoms with Gasteiger partial charge in [-0.3, -0.25) is 4.90 Å². The normalized spacial score (nSPS) is 25.5. The first kappa shape index (κ1) is 14.2. The van der Waals surface area contributed by atoms with Crippen molar-refractivity contribution in [1.29, 1.82) is 0 Å². The van der Waals surface area contributed by atoms with Gasteiger partial charge in [0.05, 0.1) is 12.2 Å². The summed E-state index contributed by atoms with van der Waals surface area (Å²) in [6.45, 7) is 5.72. The summed E-state index contributed by atoms with van der Waals surface area (Å²) < 4.78 is 10.5. The zero-order chi connectivity index (χ0) is 15.0. The lowest BCUT2D eigenvalue weighted by Crippen LogP contribution is -2.52. The Morgan fingerprint density at radius 1 is 1.43 bits per heavy atom. The molecule has 3 rings (SSSR count). The molecule has 0 radical (unpaired) electrons. The Labute approximate surface area is 124 Å². The Balaban J connectivity index is 1.83. The molecule has 1 saturated heterocycles. The maximum absolute atomic E-state index is 12.5. The molecule has 1 fully saturated rings. The maximum Gasteiger partial charge on any atom is 0.411 e. The van der Waals surface area contributed by atoms with Gasteiger partial charge in [0.1, 0.15) is 11.9 Å². The van der Waals surface area contributed by atoms with E-state index in [9.17, 15) is 4.79 Å². The average molecular weight is 290 g/mol. The predicted octanol–water partition coefficient (Wildman–Crippen LogP) is 3.62. The van der Waals surface area contributed by atoms with Gasteiger partial charge in [0.15, 0.2) is 0 Å². The van der Waals surface area contributed by atoms with Crippen LogP contribution in [0.3, 0.4) is 0 Å². The van der Waals surface area contributed by atoms with Gasteiger partial charge in [-0.1, -0.05) is 11.2 Å². The van der Waals surface area contributed by atoms with Crippen LogP contribution in [0.2, 0.25) is 0 Å². The number of fused-ring (bicyclic) bond motifs is 2. The number of piperidine rings is 1. The first-order valence-electron chi connectivity index (χ1n) is 7.56. The lowest BCUT2D eigenvalue weighted by atomic mass is 9.84. The number of aromatic nitrogens is 1. The Kier molecular flexibility index (Phi) is 3.51. The van der Waals surface area contributed by atoms with E-state index in [1.807, 2.05) is 25.7 Å². The molecule has 2 bridgehead atoms. The molecule has 0 saturated carbocycles. The number of hydrogen-bond donors (Lipinski definition) is 0. The van der Waals surface area contributed by atoms with E-state index in [0.29, 0.717) is 0 Å². The molecule has 2 unspecified atom stereocenters. The fourth-order valence-electron chi connectivity index (χ4n) is 3.21. The largest absolute Gasteiger partial charge is 0.444 e. The Morgan fingerprint density at radius 2 is 2.24 bits per heavy atom. The van der Waals surface area contributed by atoms with Gasteiger partial charge in [0, 0.05) is 11.6 Å². The van der Waals surface area contributed by atoms with E-state index in [2.05, 4.69) is 11.2 Å². The summed E-state index contributed by atoms with van der Waals surface area (Å²) in [4.78, 5) is 14.4. The number of hydrogen-bond acceptors (Lipinski definition) is 4. The molecule has 1 aromatic heterocycles. The van der Waals surface area contributed by atoms with Crippen LogP contribution in [0.1, 0.15) is 52.0 Å². The highest BCUT2D eigenvalue weighted by molar-refractivity contribution is 5.74. The molecular formula is C16H22N2O3. The van der Waals surface area contributed by atoms with E-state index in [0.717, 1.165) is 31.2 Å². The number of carbonyl (C=O) groups excluding carboxylic acids is 1. The Morgan fingerprint density at radius 3 is 2.86 bits per heavy atom. The summed E-state index contributed by atoms with van der Waals surface area (Å²) in [6.07, 6.45) is 9.40. The fraction of sp³-hybridized carbons (Fsp3) is 0.625. The summed E-state index contributed by atoms with van der Waals surface area (Å²) in [5, 5.41) is 3.77. The van der Waals surface area contributed by atoms with Crippen LogP contribution in [0.4, 0.5) is 4.79 Å². The first-order valence-corrected chi connectivity index (χ1v) is 7.56. The first-order chi connectivity index (χ1) is 9.94. The quantitative estimate of drug-likeness (QED) is 0.792. The highest BCUT2D eigenvalue weighted by atomic mass is 16.6. The highest BCUT2D eigenvalue weighted by Crippen LogP contribution is 2.37. The van der Waals surface area contributed by atoms with Crippen LogP contribution in [-0.4, -0.2) is 33.8 Å². The van der Waals surface area contributed by atoms with E-state index in [1.54, 1.807) is 12.5 Å². The summed E-state index contributed by atoms with van der Waals surface area (Å²) in [5.41, 5.74) is 1.80. The van der Waals surface area contributed by atoms with Crippen molar-refractivity contribution in [3.63, 3.8) is 0 Å². The molecule has 2 atom stereocenters. The van der Waals surface area contributed by atoms with E-state index in [1.165, 1.54) is 5.57 Å². The molecule has 21 heavy (non-hydrogen) atoms. The van der Waals surface area contributed by atoms with Gasteiger partial charge in [0.25, 0.3) is 0 Å². The van der Waals surface area contributed by atoms with Crippen LogP contribution >= 0.6 is 0 Å². The minimum Gasteiger partial charge on any atom is -0.444 e. The van der Waals surface area contributed by atoms with Crippen LogP contribution in [-0.2, 0) is 4.74 Å². The number of rotatable bonds is 1. The van der Waals surface area contributed by atoms with Gasteiger partial charge in [-0.05, 0) is 52.0 Å². The highest BCUT2D eigenvalue weighted by Gasteiger charge is 2.39.